The van der Waals surface area contributed by atoms with Crippen LogP contribution < -0.4 is 21.5 Å². The number of hydrogen-bond acceptors (Lipinski definition) is 4. The molecule has 5 N–H and O–H groups in total. The molecule has 0 aliphatic carbocycles. The molecule has 6 heteroatoms. The molecule has 0 heterocycles. The van der Waals surface area contributed by atoms with Gasteiger partial charge in [-0.3, -0.25) is 9.59 Å². The first-order valence-electron chi connectivity index (χ1n) is 4.61. The molecule has 1 aromatic carbocycles. The van der Waals surface area contributed by atoms with Gasteiger partial charge in [0, 0.05) is 11.8 Å². The highest BCUT2D eigenvalue weighted by molar-refractivity contribution is 5.84. The molecule has 6 nitrogen and oxygen atoms in total. The number of anilines is 1. The van der Waals surface area contributed by atoms with Gasteiger partial charge in [0.2, 0.25) is 5.91 Å². The Morgan fingerprint density at radius 2 is 2.12 bits per heavy atom. The topological polar surface area (TPSA) is 107 Å². The Hall–Kier alpha value is -2.24. The van der Waals surface area contributed by atoms with Gasteiger partial charge in [-0.15, -0.1) is 0 Å². The van der Waals surface area contributed by atoms with E-state index in [0.717, 1.165) is 0 Å². The molecule has 1 aromatic rings. The first kappa shape index (κ1) is 11.8. The van der Waals surface area contributed by atoms with E-state index in [1.165, 1.54) is 0 Å². The number of benzene rings is 1. The summed E-state index contributed by atoms with van der Waals surface area (Å²) >= 11 is 0. The van der Waals surface area contributed by atoms with Crippen LogP contribution in [0.25, 0.3) is 0 Å². The summed E-state index contributed by atoms with van der Waals surface area (Å²) in [6.07, 6.45) is 0. The molecule has 0 fully saturated rings. The Kier molecular flexibility index (Phi) is 4.14. The number of hydrogen-bond donors (Lipinski definition) is 3. The molecular weight excluding hydrogens is 210 g/mol. The van der Waals surface area contributed by atoms with Gasteiger partial charge in [0.05, 0.1) is 6.54 Å². The maximum Gasteiger partial charge on any atom is 0.258 e. The second-order valence-corrected chi connectivity index (χ2v) is 3.10. The van der Waals surface area contributed by atoms with E-state index < -0.39 is 11.8 Å². The highest BCUT2D eigenvalue weighted by Crippen LogP contribution is 2.13. The molecule has 0 atom stereocenters. The van der Waals surface area contributed by atoms with Crippen LogP contribution in [-0.2, 0) is 9.59 Å². The van der Waals surface area contributed by atoms with Crippen molar-refractivity contribution in [2.24, 2.45) is 5.73 Å². The van der Waals surface area contributed by atoms with Crippen molar-refractivity contribution >= 4 is 17.5 Å². The normalized spacial score (nSPS) is 9.50. The Balaban J connectivity index is 2.34. The summed E-state index contributed by atoms with van der Waals surface area (Å²) < 4.78 is 5.14. The van der Waals surface area contributed by atoms with Crippen LogP contribution in [-0.4, -0.2) is 25.0 Å². The van der Waals surface area contributed by atoms with E-state index >= 15 is 0 Å². The lowest BCUT2D eigenvalue weighted by Gasteiger charge is -2.06. The fourth-order valence-corrected chi connectivity index (χ4v) is 0.990. The fraction of sp³-hybridized carbons (Fsp3) is 0.200. The second-order valence-electron chi connectivity index (χ2n) is 3.10. The van der Waals surface area contributed by atoms with Gasteiger partial charge in [-0.1, -0.05) is 6.07 Å². The number of rotatable bonds is 5. The van der Waals surface area contributed by atoms with Crippen molar-refractivity contribution in [1.82, 2.24) is 5.32 Å². The van der Waals surface area contributed by atoms with Crippen LogP contribution in [0, 0.1) is 0 Å². The Morgan fingerprint density at radius 1 is 1.38 bits per heavy atom. The quantitative estimate of drug-likeness (QED) is 0.571. The molecule has 0 radical (unpaired) electrons. The van der Waals surface area contributed by atoms with Gasteiger partial charge in [0.15, 0.2) is 6.61 Å². The third kappa shape index (κ3) is 4.32. The monoisotopic (exact) mass is 223 g/mol. The summed E-state index contributed by atoms with van der Waals surface area (Å²) in [5.74, 6) is -0.521. The van der Waals surface area contributed by atoms with Crippen LogP contribution in [0.2, 0.25) is 0 Å². The third-order valence-electron chi connectivity index (χ3n) is 1.69. The molecule has 1 rings (SSSR count). The van der Waals surface area contributed by atoms with Gasteiger partial charge in [0.1, 0.15) is 5.75 Å². The maximum absolute atomic E-state index is 11.1. The number of primary amides is 1. The standard InChI is InChI=1S/C10H13N3O3/c11-7-2-1-3-8(4-7)16-6-10(15)13-5-9(12)14/h1-4H,5-6,11H2,(H2,12,14)(H,13,15). The van der Waals surface area contributed by atoms with Crippen LogP contribution >= 0.6 is 0 Å². The van der Waals surface area contributed by atoms with Crippen molar-refractivity contribution in [2.45, 2.75) is 0 Å². The second kappa shape index (κ2) is 5.59. The largest absolute Gasteiger partial charge is 0.484 e. The van der Waals surface area contributed by atoms with Gasteiger partial charge >= 0.3 is 0 Å². The zero-order chi connectivity index (χ0) is 12.0. The third-order valence-corrected chi connectivity index (χ3v) is 1.69. The van der Waals surface area contributed by atoms with E-state index in [0.29, 0.717) is 11.4 Å². The minimum absolute atomic E-state index is 0.184. The van der Waals surface area contributed by atoms with E-state index in [4.69, 9.17) is 16.2 Å². The van der Waals surface area contributed by atoms with E-state index in [1.807, 2.05) is 0 Å². The highest BCUT2D eigenvalue weighted by Gasteiger charge is 2.03. The molecule has 2 amide bonds. The zero-order valence-corrected chi connectivity index (χ0v) is 8.60. The lowest BCUT2D eigenvalue weighted by atomic mass is 10.3. The van der Waals surface area contributed by atoms with Gasteiger partial charge in [-0.05, 0) is 12.1 Å². The Labute approximate surface area is 92.6 Å². The molecule has 0 saturated heterocycles. The van der Waals surface area contributed by atoms with Crippen molar-refractivity contribution in [3.05, 3.63) is 24.3 Å². The Morgan fingerprint density at radius 3 is 2.75 bits per heavy atom. The minimum Gasteiger partial charge on any atom is -0.484 e. The van der Waals surface area contributed by atoms with Gasteiger partial charge in [-0.25, -0.2) is 0 Å². The molecule has 0 bridgehead atoms. The summed E-state index contributed by atoms with van der Waals surface area (Å²) in [5.41, 5.74) is 10.9. The summed E-state index contributed by atoms with van der Waals surface area (Å²) in [4.78, 5) is 21.5. The van der Waals surface area contributed by atoms with E-state index in [2.05, 4.69) is 5.32 Å². The zero-order valence-electron chi connectivity index (χ0n) is 8.60. The molecule has 86 valence electrons. The molecule has 0 spiro atoms. The SMILES string of the molecule is NC(=O)CNC(=O)COc1cccc(N)c1. The van der Waals surface area contributed by atoms with Crippen molar-refractivity contribution in [3.63, 3.8) is 0 Å². The maximum atomic E-state index is 11.1. The fourth-order valence-electron chi connectivity index (χ4n) is 0.990. The molecule has 0 aromatic heterocycles. The Bertz CT molecular complexity index is 393. The molecule has 0 aliphatic heterocycles. The number of nitrogen functional groups attached to an aromatic ring is 1. The van der Waals surface area contributed by atoms with Gasteiger partial charge in [-0.2, -0.15) is 0 Å². The minimum atomic E-state index is -0.600. The summed E-state index contributed by atoms with van der Waals surface area (Å²) in [5, 5.41) is 2.30. The van der Waals surface area contributed by atoms with Crippen LogP contribution in [0.1, 0.15) is 0 Å². The van der Waals surface area contributed by atoms with Crippen LogP contribution in [0.3, 0.4) is 0 Å². The number of nitrogens with one attached hydrogen (secondary N) is 1. The molecular formula is C10H13N3O3. The summed E-state index contributed by atoms with van der Waals surface area (Å²) in [6.45, 7) is -0.379. The first-order valence-corrected chi connectivity index (χ1v) is 4.61. The summed E-state index contributed by atoms with van der Waals surface area (Å²) in [7, 11) is 0. The number of amides is 2. The predicted molar refractivity (Wildman–Crippen MR) is 58.6 cm³/mol. The predicted octanol–water partition coefficient (Wildman–Crippen LogP) is -0.751. The van der Waals surface area contributed by atoms with Crippen LogP contribution in [0.5, 0.6) is 5.75 Å². The smallest absolute Gasteiger partial charge is 0.258 e. The molecule has 16 heavy (non-hydrogen) atoms. The molecule has 0 saturated carbocycles. The van der Waals surface area contributed by atoms with E-state index in [9.17, 15) is 9.59 Å². The van der Waals surface area contributed by atoms with Gasteiger partial charge in [0.25, 0.3) is 5.91 Å². The van der Waals surface area contributed by atoms with Crippen molar-refractivity contribution in [2.75, 3.05) is 18.9 Å². The number of carbonyl (C=O) groups is 2. The van der Waals surface area contributed by atoms with E-state index in [-0.39, 0.29) is 13.2 Å². The van der Waals surface area contributed by atoms with Crippen molar-refractivity contribution in [1.29, 1.82) is 0 Å². The molecule has 0 aliphatic rings. The van der Waals surface area contributed by atoms with E-state index in [1.54, 1.807) is 24.3 Å². The van der Waals surface area contributed by atoms with Crippen LogP contribution in [0.4, 0.5) is 5.69 Å². The van der Waals surface area contributed by atoms with Crippen molar-refractivity contribution < 1.29 is 14.3 Å². The average molecular weight is 223 g/mol. The number of ether oxygens (including phenoxy) is 1. The lowest BCUT2D eigenvalue weighted by molar-refractivity contribution is -0.126. The average Bonchev–Trinajstić information content (AvgIpc) is 2.23. The van der Waals surface area contributed by atoms with Crippen LogP contribution in [0.15, 0.2) is 24.3 Å². The first-order chi connectivity index (χ1) is 7.58. The lowest BCUT2D eigenvalue weighted by Crippen LogP contribution is -2.36. The van der Waals surface area contributed by atoms with Gasteiger partial charge < -0.3 is 21.5 Å². The number of nitrogens with two attached hydrogens (primary N) is 2. The van der Waals surface area contributed by atoms with Crippen molar-refractivity contribution in [3.8, 4) is 5.75 Å². The summed E-state index contributed by atoms with van der Waals surface area (Å²) in [6, 6.07) is 6.70. The molecule has 0 unspecified atom stereocenters. The highest BCUT2D eigenvalue weighted by atomic mass is 16.5. The number of carbonyl (C=O) groups excluding carboxylic acids is 2.